The summed E-state index contributed by atoms with van der Waals surface area (Å²) >= 11 is 0. The molecule has 3 aromatic rings. The topological polar surface area (TPSA) is 122 Å². The monoisotopic (exact) mass is 478 g/mol. The van der Waals surface area contributed by atoms with Crippen LogP contribution in [0.25, 0.3) is 0 Å². The van der Waals surface area contributed by atoms with Crippen molar-refractivity contribution in [3.8, 4) is 0 Å². The van der Waals surface area contributed by atoms with Crippen LogP contribution < -0.4 is 16.0 Å². The molecule has 1 aliphatic heterocycles. The number of rotatable bonds is 7. The predicted octanol–water partition coefficient (Wildman–Crippen LogP) is 3.01. The van der Waals surface area contributed by atoms with Gasteiger partial charge in [0.1, 0.15) is 5.82 Å². The molecule has 2 aromatic carbocycles. The fourth-order valence-corrected chi connectivity index (χ4v) is 5.32. The molecule has 1 fully saturated rings. The summed E-state index contributed by atoms with van der Waals surface area (Å²) in [6.07, 6.45) is 3.23. The molecule has 0 radical (unpaired) electrons. The van der Waals surface area contributed by atoms with Crippen molar-refractivity contribution < 1.29 is 18.0 Å². The molecule has 3 N–H and O–H groups in total. The highest BCUT2D eigenvalue weighted by Crippen LogP contribution is 2.23. The summed E-state index contributed by atoms with van der Waals surface area (Å²) in [6, 6.07) is 18.3. The van der Waals surface area contributed by atoms with Crippen LogP contribution in [-0.4, -0.2) is 38.3 Å². The van der Waals surface area contributed by atoms with E-state index in [-0.39, 0.29) is 28.4 Å². The summed E-state index contributed by atoms with van der Waals surface area (Å²) in [4.78, 5) is 30.8. The Morgan fingerprint density at radius 1 is 1.03 bits per heavy atom. The second kappa shape index (κ2) is 10.0. The number of amides is 2. The fraction of sp³-hybridized carbons (Fsp3) is 0.240. The number of nitrogens with one attached hydrogen (secondary N) is 1. The average molecular weight is 479 g/mol. The third-order valence-electron chi connectivity index (χ3n) is 5.83. The predicted molar refractivity (Wildman–Crippen MR) is 130 cm³/mol. The van der Waals surface area contributed by atoms with E-state index in [9.17, 15) is 18.0 Å². The summed E-state index contributed by atoms with van der Waals surface area (Å²) in [6.45, 7) is 1.34. The van der Waals surface area contributed by atoms with Gasteiger partial charge in [-0.3, -0.25) is 9.59 Å². The van der Waals surface area contributed by atoms with Crippen LogP contribution in [0.1, 0.15) is 28.8 Å². The number of sulfone groups is 1. The van der Waals surface area contributed by atoms with E-state index in [0.717, 1.165) is 25.2 Å². The SMILES string of the molecule is NC(=O)C1CCCN(c2ccc(NC(=O)c3ccc(CS(=O)(=O)c4ccccc4)cc3)cn2)C1. The number of primary amides is 1. The smallest absolute Gasteiger partial charge is 0.255 e. The lowest BCUT2D eigenvalue weighted by Crippen LogP contribution is -2.41. The number of hydrogen-bond donors (Lipinski definition) is 2. The molecule has 8 nitrogen and oxygen atoms in total. The van der Waals surface area contributed by atoms with E-state index in [1.165, 1.54) is 0 Å². The first-order valence-electron chi connectivity index (χ1n) is 11.0. The molecule has 176 valence electrons. The van der Waals surface area contributed by atoms with Crippen molar-refractivity contribution in [1.29, 1.82) is 0 Å². The first kappa shape index (κ1) is 23.4. The van der Waals surface area contributed by atoms with Gasteiger partial charge >= 0.3 is 0 Å². The standard InChI is InChI=1S/C25H26N4O4S/c26-24(30)20-5-4-14-29(16-20)23-13-12-21(15-27-23)28-25(31)19-10-8-18(9-11-19)17-34(32,33)22-6-2-1-3-7-22/h1-3,6-13,15,20H,4-5,14,16-17H2,(H2,26,30)(H,28,31). The van der Waals surface area contributed by atoms with Gasteiger partial charge in [0.15, 0.2) is 9.84 Å². The number of aromatic nitrogens is 1. The van der Waals surface area contributed by atoms with E-state index >= 15 is 0 Å². The van der Waals surface area contributed by atoms with Gasteiger partial charge in [0.2, 0.25) is 5.91 Å². The van der Waals surface area contributed by atoms with Crippen molar-refractivity contribution in [3.63, 3.8) is 0 Å². The minimum absolute atomic E-state index is 0.141. The number of pyridine rings is 1. The van der Waals surface area contributed by atoms with Gasteiger partial charge in [-0.15, -0.1) is 0 Å². The van der Waals surface area contributed by atoms with Gasteiger partial charge in [0.25, 0.3) is 5.91 Å². The number of piperidine rings is 1. The quantitative estimate of drug-likeness (QED) is 0.538. The van der Waals surface area contributed by atoms with Crippen LogP contribution in [0.4, 0.5) is 11.5 Å². The van der Waals surface area contributed by atoms with Gasteiger partial charge in [-0.1, -0.05) is 30.3 Å². The molecule has 2 amide bonds. The fourth-order valence-electron chi connectivity index (χ4n) is 3.95. The van der Waals surface area contributed by atoms with Gasteiger partial charge in [-0.25, -0.2) is 13.4 Å². The highest BCUT2D eigenvalue weighted by Gasteiger charge is 2.24. The maximum Gasteiger partial charge on any atom is 0.255 e. The zero-order valence-electron chi connectivity index (χ0n) is 18.6. The Bertz CT molecular complexity index is 1260. The van der Waals surface area contributed by atoms with Crippen LogP contribution >= 0.6 is 0 Å². The average Bonchev–Trinajstić information content (AvgIpc) is 2.85. The highest BCUT2D eigenvalue weighted by atomic mass is 32.2. The first-order valence-corrected chi connectivity index (χ1v) is 12.7. The van der Waals surface area contributed by atoms with Crippen molar-refractivity contribution in [3.05, 3.63) is 84.1 Å². The Kier molecular flexibility index (Phi) is 6.93. The normalized spacial score (nSPS) is 16.1. The van der Waals surface area contributed by atoms with Crippen molar-refractivity contribution in [2.45, 2.75) is 23.5 Å². The summed E-state index contributed by atoms with van der Waals surface area (Å²) in [5.74, 6) is -0.207. The molecule has 4 rings (SSSR count). The van der Waals surface area contributed by atoms with E-state index in [1.54, 1.807) is 72.9 Å². The number of benzene rings is 2. The largest absolute Gasteiger partial charge is 0.369 e. The van der Waals surface area contributed by atoms with Crippen molar-refractivity contribution in [1.82, 2.24) is 4.98 Å². The number of nitrogens with zero attached hydrogens (tertiary/aromatic N) is 2. The Morgan fingerprint density at radius 2 is 1.76 bits per heavy atom. The molecule has 1 atom stereocenters. The lowest BCUT2D eigenvalue weighted by atomic mass is 9.97. The van der Waals surface area contributed by atoms with E-state index in [4.69, 9.17) is 5.73 Å². The molecule has 9 heteroatoms. The lowest BCUT2D eigenvalue weighted by Gasteiger charge is -2.32. The van der Waals surface area contributed by atoms with Gasteiger partial charge in [0, 0.05) is 18.7 Å². The summed E-state index contributed by atoms with van der Waals surface area (Å²) in [5.41, 5.74) is 6.99. The van der Waals surface area contributed by atoms with Crippen LogP contribution in [0.5, 0.6) is 0 Å². The minimum atomic E-state index is -3.46. The number of carbonyl (C=O) groups is 2. The second-order valence-electron chi connectivity index (χ2n) is 8.32. The second-order valence-corrected chi connectivity index (χ2v) is 10.3. The maximum absolute atomic E-state index is 12.6. The van der Waals surface area contributed by atoms with E-state index in [2.05, 4.69) is 10.3 Å². The Balaban J connectivity index is 1.37. The van der Waals surface area contributed by atoms with Crippen molar-refractivity contribution in [2.75, 3.05) is 23.3 Å². The molecule has 0 aliphatic carbocycles. The van der Waals surface area contributed by atoms with Crippen LogP contribution in [0.15, 0.2) is 77.8 Å². The maximum atomic E-state index is 12.6. The zero-order chi connectivity index (χ0) is 24.1. The van der Waals surface area contributed by atoms with Crippen LogP contribution in [0.3, 0.4) is 0 Å². The molecule has 0 bridgehead atoms. The third-order valence-corrected chi connectivity index (χ3v) is 7.53. The molecule has 1 unspecified atom stereocenters. The summed E-state index contributed by atoms with van der Waals surface area (Å²) < 4.78 is 25.1. The zero-order valence-corrected chi connectivity index (χ0v) is 19.4. The Morgan fingerprint density at radius 3 is 2.41 bits per heavy atom. The number of nitrogens with two attached hydrogens (primary N) is 1. The highest BCUT2D eigenvalue weighted by molar-refractivity contribution is 7.90. The number of anilines is 2. The van der Waals surface area contributed by atoms with Crippen LogP contribution in [0.2, 0.25) is 0 Å². The van der Waals surface area contributed by atoms with Crippen molar-refractivity contribution >= 4 is 33.2 Å². The van der Waals surface area contributed by atoms with E-state index < -0.39 is 9.84 Å². The lowest BCUT2D eigenvalue weighted by molar-refractivity contribution is -0.122. The molecule has 1 aliphatic rings. The first-order chi connectivity index (χ1) is 16.3. The molecule has 34 heavy (non-hydrogen) atoms. The summed E-state index contributed by atoms with van der Waals surface area (Å²) in [5, 5.41) is 2.80. The number of carbonyl (C=O) groups excluding carboxylic acids is 2. The molecule has 0 spiro atoms. The van der Waals surface area contributed by atoms with E-state index in [1.807, 2.05) is 4.90 Å². The van der Waals surface area contributed by atoms with Gasteiger partial charge in [-0.2, -0.15) is 0 Å². The van der Waals surface area contributed by atoms with Crippen LogP contribution in [-0.2, 0) is 20.4 Å². The van der Waals surface area contributed by atoms with E-state index in [0.29, 0.717) is 23.4 Å². The minimum Gasteiger partial charge on any atom is -0.369 e. The van der Waals surface area contributed by atoms with Crippen LogP contribution in [0, 0.1) is 5.92 Å². The number of hydrogen-bond acceptors (Lipinski definition) is 6. The third kappa shape index (κ3) is 5.60. The van der Waals surface area contributed by atoms with Crippen molar-refractivity contribution in [2.24, 2.45) is 11.7 Å². The molecule has 2 heterocycles. The van der Waals surface area contributed by atoms with Gasteiger partial charge in [0.05, 0.1) is 28.5 Å². The molecule has 1 saturated heterocycles. The molecule has 0 saturated carbocycles. The van der Waals surface area contributed by atoms with Gasteiger partial charge in [-0.05, 0) is 54.8 Å². The molecular weight excluding hydrogens is 452 g/mol. The Hall–Kier alpha value is -3.72. The molecular formula is C25H26N4O4S. The molecule has 1 aromatic heterocycles. The van der Waals surface area contributed by atoms with Gasteiger partial charge < -0.3 is 16.0 Å². The summed E-state index contributed by atoms with van der Waals surface area (Å²) in [7, 11) is -3.46. The Labute approximate surface area is 198 Å².